The number of benzene rings is 2. The average Bonchev–Trinajstić information content (AvgIpc) is 3.45. The highest BCUT2D eigenvalue weighted by molar-refractivity contribution is 6.53. The minimum atomic E-state index is -0.747. The lowest BCUT2D eigenvalue weighted by atomic mass is 10.1. The third-order valence-corrected chi connectivity index (χ3v) is 5.30. The Kier molecular flexibility index (Phi) is 6.46. The molecule has 1 aliphatic rings. The first kappa shape index (κ1) is 22.8. The van der Waals surface area contributed by atoms with Crippen LogP contribution in [0.4, 0.5) is 11.4 Å². The number of furan rings is 1. The SMILES string of the molecule is COC(=O)c1cccc(N2C(=O)C(Cl)=C(Nc3cccc(C(=O)NCc4ccco4)c3)C2=O)c1. The van der Waals surface area contributed by atoms with Gasteiger partial charge in [0.25, 0.3) is 17.7 Å². The third kappa shape index (κ3) is 4.55. The van der Waals surface area contributed by atoms with Crippen molar-refractivity contribution in [3.8, 4) is 0 Å². The minimum absolute atomic E-state index is 0.150. The van der Waals surface area contributed by atoms with Gasteiger partial charge < -0.3 is 19.8 Å². The molecule has 4 rings (SSSR count). The van der Waals surface area contributed by atoms with E-state index in [0.29, 0.717) is 17.0 Å². The monoisotopic (exact) mass is 479 g/mol. The molecule has 9 nitrogen and oxygen atoms in total. The Hall–Kier alpha value is -4.37. The lowest BCUT2D eigenvalue weighted by molar-refractivity contribution is -0.120. The quantitative estimate of drug-likeness (QED) is 0.393. The minimum Gasteiger partial charge on any atom is -0.467 e. The molecule has 2 N–H and O–H groups in total. The molecule has 0 radical (unpaired) electrons. The molecule has 3 amide bonds. The predicted octanol–water partition coefficient (Wildman–Crippen LogP) is 3.43. The van der Waals surface area contributed by atoms with E-state index in [-0.39, 0.29) is 34.4 Å². The average molecular weight is 480 g/mol. The van der Waals surface area contributed by atoms with Crippen LogP contribution in [-0.4, -0.2) is 30.8 Å². The van der Waals surface area contributed by atoms with E-state index in [1.54, 1.807) is 30.3 Å². The summed E-state index contributed by atoms with van der Waals surface area (Å²) in [6.07, 6.45) is 1.51. The molecule has 10 heteroatoms. The Morgan fingerprint density at radius 3 is 2.50 bits per heavy atom. The van der Waals surface area contributed by atoms with E-state index in [9.17, 15) is 19.2 Å². The number of carbonyl (C=O) groups is 4. The summed E-state index contributed by atoms with van der Waals surface area (Å²) in [6, 6.07) is 15.7. The Morgan fingerprint density at radius 1 is 1.00 bits per heavy atom. The molecule has 0 saturated heterocycles. The van der Waals surface area contributed by atoms with Crippen LogP contribution in [0.5, 0.6) is 0 Å². The third-order valence-electron chi connectivity index (χ3n) is 4.95. The highest BCUT2D eigenvalue weighted by Crippen LogP contribution is 2.30. The number of amides is 3. The number of nitrogens with zero attached hydrogens (tertiary/aromatic N) is 1. The second-order valence-electron chi connectivity index (χ2n) is 7.14. The van der Waals surface area contributed by atoms with Crippen LogP contribution in [0.2, 0.25) is 0 Å². The second-order valence-corrected chi connectivity index (χ2v) is 7.52. The molecule has 172 valence electrons. The van der Waals surface area contributed by atoms with Gasteiger partial charge >= 0.3 is 5.97 Å². The standard InChI is InChI=1S/C24H18ClN3O6/c1-33-24(32)15-6-3-8-17(12-15)28-22(30)19(25)20(23(28)31)27-16-7-2-5-14(11-16)21(29)26-13-18-9-4-10-34-18/h2-12,27H,13H2,1H3,(H,26,29). The van der Waals surface area contributed by atoms with Crippen LogP contribution in [0.1, 0.15) is 26.5 Å². The molecule has 0 fully saturated rings. The van der Waals surface area contributed by atoms with Crippen molar-refractivity contribution in [3.05, 3.63) is 94.5 Å². The topological polar surface area (TPSA) is 118 Å². The van der Waals surface area contributed by atoms with Crippen LogP contribution in [-0.2, 0) is 20.9 Å². The number of nitrogens with one attached hydrogen (secondary N) is 2. The van der Waals surface area contributed by atoms with Crippen molar-refractivity contribution in [3.63, 3.8) is 0 Å². The number of methoxy groups -OCH3 is 1. The van der Waals surface area contributed by atoms with Gasteiger partial charge in [0.2, 0.25) is 0 Å². The summed E-state index contributed by atoms with van der Waals surface area (Å²) in [5.41, 5.74) is 0.895. The van der Waals surface area contributed by atoms with Gasteiger partial charge in [-0.15, -0.1) is 0 Å². The van der Waals surface area contributed by atoms with Crippen molar-refractivity contribution in [1.29, 1.82) is 0 Å². The summed E-state index contributed by atoms with van der Waals surface area (Å²) in [5.74, 6) is -1.81. The van der Waals surface area contributed by atoms with Gasteiger partial charge in [0, 0.05) is 11.3 Å². The van der Waals surface area contributed by atoms with Crippen LogP contribution >= 0.6 is 11.6 Å². The van der Waals surface area contributed by atoms with Crippen LogP contribution in [0.3, 0.4) is 0 Å². The number of hydrogen-bond acceptors (Lipinski definition) is 7. The van der Waals surface area contributed by atoms with Crippen molar-refractivity contribution in [2.75, 3.05) is 17.3 Å². The van der Waals surface area contributed by atoms with E-state index in [0.717, 1.165) is 4.90 Å². The smallest absolute Gasteiger partial charge is 0.337 e. The number of imide groups is 1. The van der Waals surface area contributed by atoms with E-state index in [4.69, 9.17) is 16.0 Å². The Labute approximate surface area is 198 Å². The van der Waals surface area contributed by atoms with Gasteiger partial charge in [0.1, 0.15) is 16.5 Å². The number of ether oxygens (including phenoxy) is 1. The first-order valence-corrected chi connectivity index (χ1v) is 10.4. The number of anilines is 2. The number of rotatable bonds is 7. The van der Waals surface area contributed by atoms with Gasteiger partial charge in [-0.25, -0.2) is 9.69 Å². The number of esters is 1. The van der Waals surface area contributed by atoms with Crippen LogP contribution in [0.15, 0.2) is 82.1 Å². The maximum Gasteiger partial charge on any atom is 0.337 e. The Morgan fingerprint density at radius 2 is 1.76 bits per heavy atom. The first-order valence-electron chi connectivity index (χ1n) is 10.0. The number of hydrogen-bond donors (Lipinski definition) is 2. The molecular weight excluding hydrogens is 462 g/mol. The largest absolute Gasteiger partial charge is 0.467 e. The zero-order chi connectivity index (χ0) is 24.2. The van der Waals surface area contributed by atoms with Crippen LogP contribution in [0.25, 0.3) is 0 Å². The summed E-state index contributed by atoms with van der Waals surface area (Å²) in [7, 11) is 1.23. The van der Waals surface area contributed by atoms with Crippen molar-refractivity contribution in [2.24, 2.45) is 0 Å². The molecule has 0 aliphatic carbocycles. The van der Waals surface area contributed by atoms with Crippen LogP contribution in [0, 0.1) is 0 Å². The molecule has 0 spiro atoms. The van der Waals surface area contributed by atoms with Crippen molar-refractivity contribution >= 4 is 46.7 Å². The fourth-order valence-electron chi connectivity index (χ4n) is 3.30. The summed E-state index contributed by atoms with van der Waals surface area (Å²) in [5, 5.41) is 5.24. The fourth-order valence-corrected chi connectivity index (χ4v) is 3.51. The molecule has 0 saturated carbocycles. The molecular formula is C24H18ClN3O6. The van der Waals surface area contributed by atoms with Gasteiger partial charge in [0.15, 0.2) is 0 Å². The summed E-state index contributed by atoms with van der Waals surface area (Å²) < 4.78 is 9.88. The molecule has 0 unspecified atom stereocenters. The van der Waals surface area contributed by atoms with Crippen LogP contribution < -0.4 is 15.5 Å². The highest BCUT2D eigenvalue weighted by atomic mass is 35.5. The number of halogens is 1. The molecule has 1 aliphatic heterocycles. The maximum absolute atomic E-state index is 13.0. The van der Waals surface area contributed by atoms with E-state index < -0.39 is 17.8 Å². The van der Waals surface area contributed by atoms with Gasteiger partial charge in [-0.1, -0.05) is 23.7 Å². The van der Waals surface area contributed by atoms with Crippen molar-refractivity contribution < 1.29 is 28.3 Å². The lowest BCUT2D eigenvalue weighted by Crippen LogP contribution is -2.32. The number of carbonyl (C=O) groups excluding carboxylic acids is 4. The lowest BCUT2D eigenvalue weighted by Gasteiger charge is -2.16. The highest BCUT2D eigenvalue weighted by Gasteiger charge is 2.39. The molecule has 1 aromatic heterocycles. The van der Waals surface area contributed by atoms with E-state index >= 15 is 0 Å². The van der Waals surface area contributed by atoms with Crippen molar-refractivity contribution in [2.45, 2.75) is 6.54 Å². The first-order chi connectivity index (χ1) is 16.4. The molecule has 3 aromatic rings. The Balaban J connectivity index is 1.51. The zero-order valence-electron chi connectivity index (χ0n) is 17.8. The van der Waals surface area contributed by atoms with Gasteiger partial charge in [0.05, 0.1) is 31.2 Å². The fraction of sp³-hybridized carbons (Fsp3) is 0.0833. The Bertz CT molecular complexity index is 1320. The molecule has 0 bridgehead atoms. The van der Waals surface area contributed by atoms with E-state index in [1.165, 1.54) is 43.7 Å². The normalized spacial score (nSPS) is 13.3. The predicted molar refractivity (Wildman–Crippen MR) is 123 cm³/mol. The maximum atomic E-state index is 13.0. The molecule has 2 aromatic carbocycles. The molecule has 0 atom stereocenters. The zero-order valence-corrected chi connectivity index (χ0v) is 18.6. The van der Waals surface area contributed by atoms with Crippen molar-refractivity contribution in [1.82, 2.24) is 5.32 Å². The van der Waals surface area contributed by atoms with Gasteiger partial charge in [-0.3, -0.25) is 14.4 Å². The van der Waals surface area contributed by atoms with Gasteiger partial charge in [-0.05, 0) is 48.5 Å². The van der Waals surface area contributed by atoms with Gasteiger partial charge in [-0.2, -0.15) is 0 Å². The second kappa shape index (κ2) is 9.63. The van der Waals surface area contributed by atoms with E-state index in [2.05, 4.69) is 15.4 Å². The molecule has 2 heterocycles. The summed E-state index contributed by atoms with van der Waals surface area (Å²) >= 11 is 6.18. The summed E-state index contributed by atoms with van der Waals surface area (Å²) in [6.45, 7) is 0.215. The molecule has 34 heavy (non-hydrogen) atoms. The summed E-state index contributed by atoms with van der Waals surface area (Å²) in [4.78, 5) is 50.9. The van der Waals surface area contributed by atoms with E-state index in [1.807, 2.05) is 0 Å².